The molecular formula is C10H16N4. The maximum absolute atomic E-state index is 4.33. The molecule has 1 rings (SSSR count). The standard InChI is InChI=1S/C10H16N4/c1-8(7-14(4)11-3)10-5-6-12-9(2)13-10/h5-7,11H,1-4H3/b8-7+. The summed E-state index contributed by atoms with van der Waals surface area (Å²) < 4.78 is 0. The quantitative estimate of drug-likeness (QED) is 0.731. The van der Waals surface area contributed by atoms with Crippen LogP contribution in [0.25, 0.3) is 5.57 Å². The molecule has 0 saturated carbocycles. The summed E-state index contributed by atoms with van der Waals surface area (Å²) in [5.74, 6) is 0.794. The van der Waals surface area contributed by atoms with Gasteiger partial charge in [0.25, 0.3) is 0 Å². The van der Waals surface area contributed by atoms with Crippen LogP contribution in [-0.2, 0) is 0 Å². The summed E-state index contributed by atoms with van der Waals surface area (Å²) in [5.41, 5.74) is 5.06. The van der Waals surface area contributed by atoms with Crippen LogP contribution in [0.2, 0.25) is 0 Å². The van der Waals surface area contributed by atoms with Crippen molar-refractivity contribution >= 4 is 5.57 Å². The van der Waals surface area contributed by atoms with E-state index in [1.165, 1.54) is 0 Å². The van der Waals surface area contributed by atoms with E-state index in [9.17, 15) is 0 Å². The summed E-state index contributed by atoms with van der Waals surface area (Å²) in [6.45, 7) is 3.91. The van der Waals surface area contributed by atoms with Crippen LogP contribution in [-0.4, -0.2) is 29.1 Å². The minimum Gasteiger partial charge on any atom is -0.319 e. The molecule has 0 fully saturated rings. The van der Waals surface area contributed by atoms with Gasteiger partial charge < -0.3 is 5.01 Å². The van der Waals surface area contributed by atoms with Crippen LogP contribution >= 0.6 is 0 Å². The zero-order valence-electron chi connectivity index (χ0n) is 9.07. The molecule has 4 nitrogen and oxygen atoms in total. The number of nitrogens with zero attached hydrogens (tertiary/aromatic N) is 3. The van der Waals surface area contributed by atoms with Crippen molar-refractivity contribution in [3.8, 4) is 0 Å². The molecule has 1 aromatic heterocycles. The van der Waals surface area contributed by atoms with Gasteiger partial charge in [-0.25, -0.2) is 15.4 Å². The van der Waals surface area contributed by atoms with Crippen molar-refractivity contribution in [1.29, 1.82) is 0 Å². The van der Waals surface area contributed by atoms with Gasteiger partial charge in [0, 0.05) is 26.5 Å². The number of aryl methyl sites for hydroxylation is 1. The van der Waals surface area contributed by atoms with Crippen LogP contribution in [0.1, 0.15) is 18.4 Å². The van der Waals surface area contributed by atoms with Crippen LogP contribution in [0.15, 0.2) is 18.5 Å². The molecular weight excluding hydrogens is 176 g/mol. The summed E-state index contributed by atoms with van der Waals surface area (Å²) in [5, 5.41) is 1.88. The second-order valence-electron chi connectivity index (χ2n) is 3.14. The van der Waals surface area contributed by atoms with E-state index >= 15 is 0 Å². The number of nitrogens with one attached hydrogen (secondary N) is 1. The van der Waals surface area contributed by atoms with E-state index in [1.54, 1.807) is 6.20 Å². The zero-order valence-corrected chi connectivity index (χ0v) is 9.07. The van der Waals surface area contributed by atoms with Crippen molar-refractivity contribution in [2.45, 2.75) is 13.8 Å². The van der Waals surface area contributed by atoms with Crippen molar-refractivity contribution in [2.24, 2.45) is 0 Å². The molecule has 0 aliphatic heterocycles. The summed E-state index contributed by atoms with van der Waals surface area (Å²) in [6.07, 6.45) is 3.76. The maximum atomic E-state index is 4.33. The van der Waals surface area contributed by atoms with Crippen molar-refractivity contribution in [3.05, 3.63) is 30.0 Å². The molecule has 4 heteroatoms. The number of hydrazine groups is 1. The van der Waals surface area contributed by atoms with Crippen molar-refractivity contribution in [1.82, 2.24) is 20.4 Å². The van der Waals surface area contributed by atoms with Gasteiger partial charge >= 0.3 is 0 Å². The first-order valence-corrected chi connectivity index (χ1v) is 4.52. The lowest BCUT2D eigenvalue weighted by molar-refractivity contribution is 0.366. The summed E-state index contributed by atoms with van der Waals surface area (Å²) in [7, 11) is 3.81. The first kappa shape index (κ1) is 10.7. The van der Waals surface area contributed by atoms with E-state index in [0.29, 0.717) is 0 Å². The first-order valence-electron chi connectivity index (χ1n) is 4.52. The minimum atomic E-state index is 0.794. The van der Waals surface area contributed by atoms with Gasteiger partial charge in [0.15, 0.2) is 0 Å². The van der Waals surface area contributed by atoms with Crippen LogP contribution < -0.4 is 5.43 Å². The van der Waals surface area contributed by atoms with E-state index in [0.717, 1.165) is 17.1 Å². The average molecular weight is 192 g/mol. The molecule has 1 aromatic rings. The third kappa shape index (κ3) is 2.81. The highest BCUT2D eigenvalue weighted by molar-refractivity contribution is 5.59. The molecule has 1 N–H and O–H groups in total. The Labute approximate surface area is 84.7 Å². The molecule has 14 heavy (non-hydrogen) atoms. The van der Waals surface area contributed by atoms with Gasteiger partial charge in [0.05, 0.1) is 5.69 Å². The fraction of sp³-hybridized carbons (Fsp3) is 0.400. The smallest absolute Gasteiger partial charge is 0.125 e. The Hall–Kier alpha value is -1.42. The average Bonchev–Trinajstić information content (AvgIpc) is 2.17. The fourth-order valence-corrected chi connectivity index (χ4v) is 1.10. The normalized spacial score (nSPS) is 11.6. The van der Waals surface area contributed by atoms with E-state index in [4.69, 9.17) is 0 Å². The fourth-order valence-electron chi connectivity index (χ4n) is 1.10. The third-order valence-electron chi connectivity index (χ3n) is 1.92. The molecule has 0 atom stereocenters. The molecule has 0 radical (unpaired) electrons. The molecule has 0 aliphatic rings. The first-order chi connectivity index (χ1) is 6.63. The van der Waals surface area contributed by atoms with E-state index in [2.05, 4.69) is 15.4 Å². The maximum Gasteiger partial charge on any atom is 0.125 e. The zero-order chi connectivity index (χ0) is 10.6. The number of hydrogen-bond acceptors (Lipinski definition) is 4. The SMILES string of the molecule is CNN(C)/C=C(\C)c1ccnc(C)n1. The van der Waals surface area contributed by atoms with E-state index in [1.807, 2.05) is 45.2 Å². The summed E-state index contributed by atoms with van der Waals surface area (Å²) in [4.78, 5) is 8.38. The van der Waals surface area contributed by atoms with Gasteiger partial charge in [-0.1, -0.05) is 0 Å². The second-order valence-corrected chi connectivity index (χ2v) is 3.14. The Balaban J connectivity index is 2.88. The number of rotatable bonds is 3. The van der Waals surface area contributed by atoms with Crippen LogP contribution in [0.5, 0.6) is 0 Å². The predicted molar refractivity (Wildman–Crippen MR) is 57.2 cm³/mol. The monoisotopic (exact) mass is 192 g/mol. The Morgan fingerprint density at radius 2 is 2.29 bits per heavy atom. The van der Waals surface area contributed by atoms with Crippen molar-refractivity contribution in [3.63, 3.8) is 0 Å². The van der Waals surface area contributed by atoms with Gasteiger partial charge in [-0.2, -0.15) is 0 Å². The lowest BCUT2D eigenvalue weighted by Gasteiger charge is -2.13. The van der Waals surface area contributed by atoms with Gasteiger partial charge in [-0.05, 0) is 25.5 Å². The highest BCUT2D eigenvalue weighted by atomic mass is 15.5. The largest absolute Gasteiger partial charge is 0.319 e. The Bertz CT molecular complexity index is 333. The molecule has 0 aliphatic carbocycles. The van der Waals surface area contributed by atoms with E-state index in [-0.39, 0.29) is 0 Å². The van der Waals surface area contributed by atoms with Crippen molar-refractivity contribution < 1.29 is 0 Å². The minimum absolute atomic E-state index is 0.794. The van der Waals surface area contributed by atoms with Crippen LogP contribution in [0.4, 0.5) is 0 Å². The Kier molecular flexibility index (Phi) is 3.59. The highest BCUT2D eigenvalue weighted by Gasteiger charge is 1.98. The summed E-state index contributed by atoms with van der Waals surface area (Å²) >= 11 is 0. The molecule has 0 spiro atoms. The highest BCUT2D eigenvalue weighted by Crippen LogP contribution is 2.09. The lowest BCUT2D eigenvalue weighted by Crippen LogP contribution is -2.25. The van der Waals surface area contributed by atoms with Gasteiger partial charge in [0.2, 0.25) is 0 Å². The molecule has 0 saturated heterocycles. The lowest BCUT2D eigenvalue weighted by atomic mass is 10.2. The molecule has 1 heterocycles. The molecule has 76 valence electrons. The second kappa shape index (κ2) is 4.72. The topological polar surface area (TPSA) is 41.0 Å². The summed E-state index contributed by atoms with van der Waals surface area (Å²) in [6, 6.07) is 1.91. The Morgan fingerprint density at radius 3 is 2.86 bits per heavy atom. The third-order valence-corrected chi connectivity index (χ3v) is 1.92. The number of aromatic nitrogens is 2. The predicted octanol–water partition coefficient (Wildman–Crippen LogP) is 1.21. The van der Waals surface area contributed by atoms with Gasteiger partial charge in [-0.3, -0.25) is 0 Å². The van der Waals surface area contributed by atoms with E-state index < -0.39 is 0 Å². The van der Waals surface area contributed by atoms with Gasteiger partial charge in [0.1, 0.15) is 5.82 Å². The number of hydrogen-bond donors (Lipinski definition) is 1. The molecule has 0 unspecified atom stereocenters. The van der Waals surface area contributed by atoms with Crippen LogP contribution in [0, 0.1) is 6.92 Å². The number of allylic oxidation sites excluding steroid dienone is 1. The Morgan fingerprint density at radius 1 is 1.57 bits per heavy atom. The van der Waals surface area contributed by atoms with Gasteiger partial charge in [-0.15, -0.1) is 0 Å². The van der Waals surface area contributed by atoms with Crippen LogP contribution in [0.3, 0.4) is 0 Å². The molecule has 0 amide bonds. The van der Waals surface area contributed by atoms with Crippen molar-refractivity contribution in [2.75, 3.05) is 14.1 Å². The molecule has 0 aromatic carbocycles. The molecule has 0 bridgehead atoms.